The van der Waals surface area contributed by atoms with E-state index in [1.54, 1.807) is 6.20 Å². The highest BCUT2D eigenvalue weighted by molar-refractivity contribution is 9.10. The van der Waals surface area contributed by atoms with Gasteiger partial charge < -0.3 is 4.52 Å². The van der Waals surface area contributed by atoms with Crippen LogP contribution in [0.5, 0.6) is 0 Å². The summed E-state index contributed by atoms with van der Waals surface area (Å²) in [6.45, 7) is 4.26. The number of benzene rings is 1. The lowest BCUT2D eigenvalue weighted by Gasteiger charge is -2.05. The maximum Gasteiger partial charge on any atom is 0.171 e. The molecule has 0 aliphatic rings. The van der Waals surface area contributed by atoms with E-state index in [0.29, 0.717) is 5.92 Å². The van der Waals surface area contributed by atoms with Crippen molar-refractivity contribution in [3.8, 4) is 11.3 Å². The SMILES string of the molecule is CC(C)c1cnoc1-c1ccccc1Br. The molecule has 3 heteroatoms. The van der Waals surface area contributed by atoms with Crippen LogP contribution in [0.15, 0.2) is 39.5 Å². The summed E-state index contributed by atoms with van der Waals surface area (Å²) >= 11 is 3.51. The Bertz CT molecular complexity index is 462. The number of hydrogen-bond donors (Lipinski definition) is 0. The van der Waals surface area contributed by atoms with Crippen LogP contribution in [-0.4, -0.2) is 5.16 Å². The number of aromatic nitrogens is 1. The van der Waals surface area contributed by atoms with E-state index < -0.39 is 0 Å². The molecule has 1 aromatic carbocycles. The summed E-state index contributed by atoms with van der Waals surface area (Å²) in [5.74, 6) is 1.27. The minimum Gasteiger partial charge on any atom is -0.356 e. The first-order valence-electron chi connectivity index (χ1n) is 4.89. The van der Waals surface area contributed by atoms with Gasteiger partial charge in [-0.3, -0.25) is 0 Å². The van der Waals surface area contributed by atoms with Gasteiger partial charge in [-0.1, -0.05) is 47.1 Å². The van der Waals surface area contributed by atoms with Crippen molar-refractivity contribution in [1.29, 1.82) is 0 Å². The predicted molar refractivity (Wildman–Crippen MR) is 63.7 cm³/mol. The van der Waals surface area contributed by atoms with Crippen molar-refractivity contribution in [2.45, 2.75) is 19.8 Å². The third-order valence-corrected chi connectivity index (χ3v) is 3.03. The Balaban J connectivity index is 2.55. The first kappa shape index (κ1) is 10.4. The average Bonchev–Trinajstić information content (AvgIpc) is 2.67. The summed E-state index contributed by atoms with van der Waals surface area (Å²) in [5.41, 5.74) is 2.20. The van der Waals surface area contributed by atoms with Gasteiger partial charge in [-0.15, -0.1) is 0 Å². The molecule has 0 unspecified atom stereocenters. The molecule has 0 saturated carbocycles. The lowest BCUT2D eigenvalue weighted by Crippen LogP contribution is -1.88. The van der Waals surface area contributed by atoms with Crippen molar-refractivity contribution < 1.29 is 4.52 Å². The molecule has 0 bridgehead atoms. The summed E-state index contributed by atoms with van der Waals surface area (Å²) in [4.78, 5) is 0. The summed E-state index contributed by atoms with van der Waals surface area (Å²) < 4.78 is 6.34. The lowest BCUT2D eigenvalue weighted by atomic mass is 10.0. The molecule has 2 aromatic rings. The molecule has 0 spiro atoms. The van der Waals surface area contributed by atoms with Gasteiger partial charge in [0.05, 0.1) is 6.20 Å². The second-order valence-electron chi connectivity index (χ2n) is 3.74. The number of nitrogens with zero attached hydrogens (tertiary/aromatic N) is 1. The number of rotatable bonds is 2. The minimum atomic E-state index is 0.415. The molecule has 1 heterocycles. The van der Waals surface area contributed by atoms with E-state index in [4.69, 9.17) is 4.52 Å². The molecule has 1 aromatic heterocycles. The Kier molecular flexibility index (Phi) is 2.91. The molecule has 0 aliphatic carbocycles. The van der Waals surface area contributed by atoms with Gasteiger partial charge in [0.1, 0.15) is 0 Å². The second-order valence-corrected chi connectivity index (χ2v) is 4.60. The Morgan fingerprint density at radius 3 is 2.67 bits per heavy atom. The van der Waals surface area contributed by atoms with Gasteiger partial charge in [-0.2, -0.15) is 0 Å². The van der Waals surface area contributed by atoms with E-state index in [1.165, 1.54) is 0 Å². The van der Waals surface area contributed by atoms with Crippen molar-refractivity contribution in [3.63, 3.8) is 0 Å². The van der Waals surface area contributed by atoms with Crippen LogP contribution < -0.4 is 0 Å². The van der Waals surface area contributed by atoms with Crippen molar-refractivity contribution in [1.82, 2.24) is 5.16 Å². The highest BCUT2D eigenvalue weighted by atomic mass is 79.9. The fourth-order valence-electron chi connectivity index (χ4n) is 1.51. The van der Waals surface area contributed by atoms with Gasteiger partial charge in [-0.05, 0) is 18.1 Å². The highest BCUT2D eigenvalue weighted by Crippen LogP contribution is 2.33. The Hall–Kier alpha value is -1.09. The zero-order valence-electron chi connectivity index (χ0n) is 8.70. The molecule has 0 N–H and O–H groups in total. The maximum atomic E-state index is 5.31. The summed E-state index contributed by atoms with van der Waals surface area (Å²) in [6.07, 6.45) is 1.79. The van der Waals surface area contributed by atoms with Gasteiger partial charge in [0.25, 0.3) is 0 Å². The Morgan fingerprint density at radius 2 is 2.00 bits per heavy atom. The summed E-state index contributed by atoms with van der Waals surface area (Å²) in [6, 6.07) is 8.00. The average molecular weight is 266 g/mol. The van der Waals surface area contributed by atoms with E-state index >= 15 is 0 Å². The van der Waals surface area contributed by atoms with Crippen LogP contribution in [0.3, 0.4) is 0 Å². The topological polar surface area (TPSA) is 26.0 Å². The van der Waals surface area contributed by atoms with Gasteiger partial charge >= 0.3 is 0 Å². The van der Waals surface area contributed by atoms with E-state index in [9.17, 15) is 0 Å². The van der Waals surface area contributed by atoms with Crippen molar-refractivity contribution in [3.05, 3.63) is 40.5 Å². The largest absolute Gasteiger partial charge is 0.356 e. The zero-order valence-corrected chi connectivity index (χ0v) is 10.3. The van der Waals surface area contributed by atoms with E-state index in [2.05, 4.69) is 34.9 Å². The first-order valence-corrected chi connectivity index (χ1v) is 5.69. The quantitative estimate of drug-likeness (QED) is 0.813. The van der Waals surface area contributed by atoms with Crippen LogP contribution in [0, 0.1) is 0 Å². The standard InChI is InChI=1S/C12H12BrNO/c1-8(2)10-7-14-15-12(10)9-5-3-4-6-11(9)13/h3-8H,1-2H3. The van der Waals surface area contributed by atoms with Crippen LogP contribution in [-0.2, 0) is 0 Å². The number of hydrogen-bond acceptors (Lipinski definition) is 2. The molecule has 0 fully saturated rings. The van der Waals surface area contributed by atoms with Gasteiger partial charge in [0.2, 0.25) is 0 Å². The van der Waals surface area contributed by atoms with E-state index in [0.717, 1.165) is 21.4 Å². The fourth-order valence-corrected chi connectivity index (χ4v) is 1.97. The van der Waals surface area contributed by atoms with Crippen LogP contribution in [0.1, 0.15) is 25.3 Å². The molecule has 15 heavy (non-hydrogen) atoms. The third kappa shape index (κ3) is 1.97. The molecule has 0 atom stereocenters. The maximum absolute atomic E-state index is 5.31. The monoisotopic (exact) mass is 265 g/mol. The molecule has 2 nitrogen and oxygen atoms in total. The lowest BCUT2D eigenvalue weighted by molar-refractivity contribution is 0.431. The van der Waals surface area contributed by atoms with Crippen LogP contribution in [0.2, 0.25) is 0 Å². The highest BCUT2D eigenvalue weighted by Gasteiger charge is 2.15. The molecule has 0 saturated heterocycles. The fraction of sp³-hybridized carbons (Fsp3) is 0.250. The first-order chi connectivity index (χ1) is 7.20. The summed E-state index contributed by atoms with van der Waals surface area (Å²) in [5, 5.41) is 3.87. The molecule has 0 aliphatic heterocycles. The van der Waals surface area contributed by atoms with Gasteiger partial charge in [0, 0.05) is 15.6 Å². The van der Waals surface area contributed by atoms with E-state index in [-0.39, 0.29) is 0 Å². The summed E-state index contributed by atoms with van der Waals surface area (Å²) in [7, 11) is 0. The molecule has 0 radical (unpaired) electrons. The molecule has 0 amide bonds. The molecular formula is C12H12BrNO. The van der Waals surface area contributed by atoms with Crippen LogP contribution in [0.4, 0.5) is 0 Å². The third-order valence-electron chi connectivity index (χ3n) is 2.34. The van der Waals surface area contributed by atoms with Crippen molar-refractivity contribution >= 4 is 15.9 Å². The zero-order chi connectivity index (χ0) is 10.8. The molecule has 2 rings (SSSR count). The van der Waals surface area contributed by atoms with Gasteiger partial charge in [-0.25, -0.2) is 0 Å². The smallest absolute Gasteiger partial charge is 0.171 e. The van der Waals surface area contributed by atoms with Crippen LogP contribution >= 0.6 is 15.9 Å². The van der Waals surface area contributed by atoms with Gasteiger partial charge in [0.15, 0.2) is 5.76 Å². The Labute approximate surface area is 97.4 Å². The van der Waals surface area contributed by atoms with Crippen LogP contribution in [0.25, 0.3) is 11.3 Å². The number of halogens is 1. The van der Waals surface area contributed by atoms with Crippen molar-refractivity contribution in [2.75, 3.05) is 0 Å². The van der Waals surface area contributed by atoms with E-state index in [1.807, 2.05) is 24.3 Å². The van der Waals surface area contributed by atoms with Crippen molar-refractivity contribution in [2.24, 2.45) is 0 Å². The minimum absolute atomic E-state index is 0.415. The predicted octanol–water partition coefficient (Wildman–Crippen LogP) is 4.23. The second kappa shape index (κ2) is 4.19. The Morgan fingerprint density at radius 1 is 1.27 bits per heavy atom. The normalized spacial score (nSPS) is 10.9. The molecular weight excluding hydrogens is 254 g/mol. The molecule has 78 valence electrons.